The molecule has 2 aliphatic rings. The molecule has 23 heavy (non-hydrogen) atoms. The minimum absolute atomic E-state index is 0.339. The van der Waals surface area contributed by atoms with Crippen molar-refractivity contribution in [2.75, 3.05) is 25.5 Å². The minimum Gasteiger partial charge on any atom is -0.442 e. The van der Waals surface area contributed by atoms with Gasteiger partial charge in [0.25, 0.3) is 0 Å². The van der Waals surface area contributed by atoms with E-state index in [1.165, 1.54) is 0 Å². The van der Waals surface area contributed by atoms with Gasteiger partial charge in [0.15, 0.2) is 12.1 Å². The third-order valence-corrected chi connectivity index (χ3v) is 4.73. The molecule has 8 heteroatoms. The molecule has 5 atom stereocenters. The number of alkyl halides is 1. The molecule has 0 radical (unpaired) electrons. The summed E-state index contributed by atoms with van der Waals surface area (Å²) in [6.45, 7) is 8.67. The van der Waals surface area contributed by atoms with Gasteiger partial charge in [0.1, 0.15) is 24.4 Å². The fraction of sp³-hybridized carbons (Fsp3) is 0.933. The molecule has 0 bridgehead atoms. The van der Waals surface area contributed by atoms with Gasteiger partial charge in [-0.3, -0.25) is 0 Å². The zero-order chi connectivity index (χ0) is 17.2. The lowest BCUT2D eigenvalue weighted by Crippen LogP contribution is -2.46. The fourth-order valence-electron chi connectivity index (χ4n) is 2.94. The van der Waals surface area contributed by atoms with Gasteiger partial charge in [0.2, 0.25) is 0 Å². The zero-order valence-corrected chi connectivity index (χ0v) is 15.9. The highest BCUT2D eigenvalue weighted by Crippen LogP contribution is 2.40. The molecule has 0 aromatic heterocycles. The average Bonchev–Trinajstić information content (AvgIpc) is 2.97. The summed E-state index contributed by atoms with van der Waals surface area (Å²) in [5, 5.41) is 0.438. The van der Waals surface area contributed by atoms with Crippen molar-refractivity contribution in [3.05, 3.63) is 0 Å². The van der Waals surface area contributed by atoms with Crippen molar-refractivity contribution in [3.63, 3.8) is 0 Å². The van der Waals surface area contributed by atoms with Crippen LogP contribution in [-0.4, -0.2) is 73.0 Å². The SMILES string of the molecule is CCN(CC)C(=O)O[C@H](CBr)[C@H]1O[C@@H]2OC(C)(C)O[C@@H]2[C@H]1OC. The molecular weight excluding hydrogens is 370 g/mol. The van der Waals surface area contributed by atoms with E-state index in [0.717, 1.165) is 0 Å². The zero-order valence-electron chi connectivity index (χ0n) is 14.3. The highest BCUT2D eigenvalue weighted by atomic mass is 79.9. The first-order valence-corrected chi connectivity index (χ1v) is 9.04. The smallest absolute Gasteiger partial charge is 0.410 e. The molecule has 7 nitrogen and oxygen atoms in total. The molecule has 0 saturated carbocycles. The van der Waals surface area contributed by atoms with E-state index in [1.807, 2.05) is 27.7 Å². The van der Waals surface area contributed by atoms with E-state index in [0.29, 0.717) is 18.4 Å². The van der Waals surface area contributed by atoms with Crippen molar-refractivity contribution in [3.8, 4) is 0 Å². The van der Waals surface area contributed by atoms with Gasteiger partial charge in [-0.25, -0.2) is 4.79 Å². The highest BCUT2D eigenvalue weighted by Gasteiger charge is 2.57. The Hall–Kier alpha value is -0.410. The van der Waals surface area contributed by atoms with E-state index in [9.17, 15) is 4.79 Å². The summed E-state index contributed by atoms with van der Waals surface area (Å²) in [4.78, 5) is 13.8. The average molecular weight is 396 g/mol. The van der Waals surface area contributed by atoms with Crippen LogP contribution in [0.4, 0.5) is 4.79 Å². The van der Waals surface area contributed by atoms with E-state index >= 15 is 0 Å². The van der Waals surface area contributed by atoms with Crippen molar-refractivity contribution >= 4 is 22.0 Å². The van der Waals surface area contributed by atoms with E-state index in [4.69, 9.17) is 23.7 Å². The van der Waals surface area contributed by atoms with Crippen LogP contribution in [0.3, 0.4) is 0 Å². The van der Waals surface area contributed by atoms with Gasteiger partial charge in [-0.2, -0.15) is 0 Å². The van der Waals surface area contributed by atoms with E-state index in [1.54, 1.807) is 12.0 Å². The normalized spacial score (nSPS) is 33.3. The first-order valence-electron chi connectivity index (χ1n) is 7.92. The first-order chi connectivity index (χ1) is 10.9. The molecule has 1 amide bonds. The van der Waals surface area contributed by atoms with Crippen molar-refractivity contribution in [1.82, 2.24) is 4.90 Å². The standard InChI is InChI=1S/C15H26BrNO6/c1-6-17(7-2)14(18)20-9(8-16)10-11(19-5)12-13(21-10)23-15(3,4)22-12/h9-13H,6-8H2,1-5H3/t9-,10-,11+,12-,13-/m1/s1. The van der Waals surface area contributed by atoms with Gasteiger partial charge >= 0.3 is 6.09 Å². The Bertz CT molecular complexity index is 417. The lowest BCUT2D eigenvalue weighted by molar-refractivity contribution is -0.226. The molecule has 2 saturated heterocycles. The number of carbonyl (C=O) groups excluding carboxylic acids is 1. The largest absolute Gasteiger partial charge is 0.442 e. The van der Waals surface area contributed by atoms with Crippen LogP contribution in [0.2, 0.25) is 0 Å². The van der Waals surface area contributed by atoms with E-state index in [2.05, 4.69) is 15.9 Å². The number of amides is 1. The number of nitrogens with zero attached hydrogens (tertiary/aromatic N) is 1. The van der Waals surface area contributed by atoms with E-state index < -0.39 is 24.3 Å². The Balaban J connectivity index is 2.06. The van der Waals surface area contributed by atoms with Crippen LogP contribution in [0, 0.1) is 0 Å². The number of ether oxygens (including phenoxy) is 5. The molecule has 0 unspecified atom stereocenters. The molecule has 0 spiro atoms. The lowest BCUT2D eigenvalue weighted by Gasteiger charge is -2.30. The molecule has 2 aliphatic heterocycles. The second-order valence-corrected chi connectivity index (χ2v) is 6.67. The first kappa shape index (κ1) is 18.9. The highest BCUT2D eigenvalue weighted by molar-refractivity contribution is 9.09. The van der Waals surface area contributed by atoms with Crippen LogP contribution in [0.25, 0.3) is 0 Å². The Morgan fingerprint density at radius 1 is 1.30 bits per heavy atom. The molecule has 134 valence electrons. The van der Waals surface area contributed by atoms with Gasteiger partial charge in [0.05, 0.1) is 0 Å². The van der Waals surface area contributed by atoms with Crippen molar-refractivity contribution < 1.29 is 28.5 Å². The maximum absolute atomic E-state index is 12.2. The van der Waals surface area contributed by atoms with Gasteiger partial charge in [-0.1, -0.05) is 15.9 Å². The summed E-state index contributed by atoms with van der Waals surface area (Å²) in [6, 6.07) is 0. The molecule has 0 N–H and O–H groups in total. The summed E-state index contributed by atoms with van der Waals surface area (Å²) in [5.41, 5.74) is 0. The third kappa shape index (κ3) is 3.99. The fourth-order valence-corrected chi connectivity index (χ4v) is 3.44. The van der Waals surface area contributed by atoms with Crippen LogP contribution >= 0.6 is 15.9 Å². The Morgan fingerprint density at radius 3 is 2.48 bits per heavy atom. The van der Waals surface area contributed by atoms with Crippen molar-refractivity contribution in [2.45, 2.75) is 64.2 Å². The lowest BCUT2D eigenvalue weighted by atomic mass is 10.1. The molecule has 0 aromatic carbocycles. The molecule has 2 fully saturated rings. The van der Waals surface area contributed by atoms with Gasteiger partial charge < -0.3 is 28.6 Å². The Morgan fingerprint density at radius 2 is 1.96 bits per heavy atom. The van der Waals surface area contributed by atoms with Crippen LogP contribution in [0.5, 0.6) is 0 Å². The predicted octanol–water partition coefficient (Wildman–Crippen LogP) is 2.12. The third-order valence-electron chi connectivity index (χ3n) is 4.09. The number of hydrogen-bond acceptors (Lipinski definition) is 6. The second kappa shape index (κ2) is 7.65. The maximum atomic E-state index is 12.2. The summed E-state index contributed by atoms with van der Waals surface area (Å²) >= 11 is 3.39. The number of carbonyl (C=O) groups is 1. The summed E-state index contributed by atoms with van der Waals surface area (Å²) in [6.07, 6.45) is -2.53. The summed E-state index contributed by atoms with van der Waals surface area (Å²) < 4.78 is 28.7. The van der Waals surface area contributed by atoms with Gasteiger partial charge in [-0.15, -0.1) is 0 Å². The van der Waals surface area contributed by atoms with Crippen LogP contribution in [0.1, 0.15) is 27.7 Å². The number of fused-ring (bicyclic) bond motifs is 1. The number of hydrogen-bond donors (Lipinski definition) is 0. The maximum Gasteiger partial charge on any atom is 0.410 e. The van der Waals surface area contributed by atoms with Crippen molar-refractivity contribution in [2.24, 2.45) is 0 Å². The molecule has 2 rings (SSSR count). The monoisotopic (exact) mass is 395 g/mol. The summed E-state index contributed by atoms with van der Waals surface area (Å²) in [7, 11) is 1.59. The quantitative estimate of drug-likeness (QED) is 0.641. The topological polar surface area (TPSA) is 66.5 Å². The number of methoxy groups -OCH3 is 1. The molecular formula is C15H26BrNO6. The predicted molar refractivity (Wildman–Crippen MR) is 86.5 cm³/mol. The van der Waals surface area contributed by atoms with Crippen LogP contribution < -0.4 is 0 Å². The molecule has 2 heterocycles. The Kier molecular flexibility index (Phi) is 6.29. The van der Waals surface area contributed by atoms with Crippen molar-refractivity contribution in [1.29, 1.82) is 0 Å². The molecule has 0 aromatic rings. The van der Waals surface area contributed by atoms with Crippen LogP contribution in [0.15, 0.2) is 0 Å². The summed E-state index contributed by atoms with van der Waals surface area (Å²) in [5.74, 6) is -0.709. The molecule has 0 aliphatic carbocycles. The van der Waals surface area contributed by atoms with Crippen LogP contribution in [-0.2, 0) is 23.7 Å². The number of rotatable bonds is 6. The van der Waals surface area contributed by atoms with Gasteiger partial charge in [-0.05, 0) is 27.7 Å². The van der Waals surface area contributed by atoms with Gasteiger partial charge in [0, 0.05) is 25.5 Å². The minimum atomic E-state index is -0.709. The Labute approximate surface area is 145 Å². The van der Waals surface area contributed by atoms with E-state index in [-0.39, 0.29) is 18.3 Å². The number of halogens is 1. The second-order valence-electron chi connectivity index (χ2n) is 6.02.